The van der Waals surface area contributed by atoms with Crippen LogP contribution in [0.15, 0.2) is 59.2 Å². The molecule has 2 bridgehead atoms. The highest BCUT2D eigenvalue weighted by molar-refractivity contribution is 6.30. The van der Waals surface area contributed by atoms with Crippen molar-refractivity contribution in [1.29, 1.82) is 0 Å². The van der Waals surface area contributed by atoms with E-state index in [0.29, 0.717) is 6.54 Å². The van der Waals surface area contributed by atoms with Crippen LogP contribution in [0.2, 0.25) is 5.02 Å². The first-order valence-corrected chi connectivity index (χ1v) is 10.4. The van der Waals surface area contributed by atoms with Crippen molar-refractivity contribution < 1.29 is 4.79 Å². The number of carbonyl (C=O) groups excluding carboxylic acids is 1. The molecule has 5 rings (SSSR count). The Labute approximate surface area is 174 Å². The predicted octanol–water partition coefficient (Wildman–Crippen LogP) is 4.82. The summed E-state index contributed by atoms with van der Waals surface area (Å²) in [5.74, 6) is 1.20. The van der Waals surface area contributed by atoms with Gasteiger partial charge in [-0.05, 0) is 75.7 Å². The average molecular weight is 402 g/mol. The number of allylic oxidation sites excluding steroid dienone is 1. The largest absolute Gasteiger partial charge is 0.337 e. The lowest BCUT2D eigenvalue weighted by molar-refractivity contribution is -0.128. The van der Waals surface area contributed by atoms with Crippen molar-refractivity contribution >= 4 is 24.2 Å². The Bertz CT molecular complexity index is 655. The second-order valence-electron chi connectivity index (χ2n) is 7.39. The molecule has 0 unspecified atom stereocenters. The first-order valence-electron chi connectivity index (χ1n) is 10.0. The summed E-state index contributed by atoms with van der Waals surface area (Å²) in [7, 11) is 0. The van der Waals surface area contributed by atoms with E-state index in [2.05, 4.69) is 23.2 Å². The van der Waals surface area contributed by atoms with Crippen LogP contribution in [0.25, 0.3) is 0 Å². The molecule has 5 heteroatoms. The van der Waals surface area contributed by atoms with E-state index in [4.69, 9.17) is 11.6 Å². The van der Waals surface area contributed by atoms with Crippen molar-refractivity contribution in [3.05, 3.63) is 59.3 Å². The molecule has 1 aromatic carbocycles. The molecule has 0 atom stereocenters. The first-order chi connectivity index (χ1) is 13.5. The maximum atomic E-state index is 11.1. The maximum Gasteiger partial charge on any atom is 0.219 e. The van der Waals surface area contributed by atoms with Gasteiger partial charge in [0.05, 0.1) is 12.2 Å². The molecule has 4 aliphatic rings. The number of benzene rings is 1. The lowest BCUT2D eigenvalue weighted by Gasteiger charge is -2.38. The van der Waals surface area contributed by atoms with E-state index in [1.54, 1.807) is 17.9 Å². The Balaban J connectivity index is 0.000000159. The molecule has 0 saturated carbocycles. The lowest BCUT2D eigenvalue weighted by atomic mass is 9.89. The monoisotopic (exact) mass is 401 g/mol. The number of halogens is 1. The number of piperidine rings is 3. The van der Waals surface area contributed by atoms with Gasteiger partial charge < -0.3 is 9.80 Å². The SMILES string of the molecule is C1CN2CCC1CC2.C=CC1=C(N=C)CN(C(C)=O)CC1.Clc1ccccc1. The third-order valence-electron chi connectivity index (χ3n) is 5.54. The summed E-state index contributed by atoms with van der Waals surface area (Å²) in [4.78, 5) is 19.3. The van der Waals surface area contributed by atoms with Gasteiger partial charge in [-0.3, -0.25) is 9.79 Å². The number of rotatable bonds is 2. The number of hydrogen-bond donors (Lipinski definition) is 0. The number of fused-ring (bicyclic) bond motifs is 3. The van der Waals surface area contributed by atoms with E-state index in [0.717, 1.165) is 35.2 Å². The highest BCUT2D eigenvalue weighted by Gasteiger charge is 2.24. The molecule has 1 amide bonds. The summed E-state index contributed by atoms with van der Waals surface area (Å²) in [5, 5.41) is 0.794. The van der Waals surface area contributed by atoms with Gasteiger partial charge in [-0.2, -0.15) is 0 Å². The Morgan fingerprint density at radius 2 is 1.75 bits per heavy atom. The zero-order valence-electron chi connectivity index (χ0n) is 16.9. The Morgan fingerprint density at radius 1 is 1.14 bits per heavy atom. The summed E-state index contributed by atoms with van der Waals surface area (Å²) in [6.07, 6.45) is 7.08. The van der Waals surface area contributed by atoms with E-state index in [-0.39, 0.29) is 5.91 Å². The molecule has 28 heavy (non-hydrogen) atoms. The lowest BCUT2D eigenvalue weighted by Crippen LogP contribution is -2.41. The summed E-state index contributed by atoms with van der Waals surface area (Å²) in [6.45, 7) is 14.3. The summed E-state index contributed by atoms with van der Waals surface area (Å²) >= 11 is 5.54. The summed E-state index contributed by atoms with van der Waals surface area (Å²) in [6, 6.07) is 9.44. The van der Waals surface area contributed by atoms with Crippen LogP contribution in [0.1, 0.15) is 32.6 Å². The van der Waals surface area contributed by atoms with Crippen molar-refractivity contribution in [2.45, 2.75) is 32.6 Å². The number of amides is 1. The Morgan fingerprint density at radius 3 is 2.07 bits per heavy atom. The zero-order valence-corrected chi connectivity index (χ0v) is 17.7. The van der Waals surface area contributed by atoms with E-state index in [9.17, 15) is 4.79 Å². The van der Waals surface area contributed by atoms with Crippen molar-refractivity contribution in [1.82, 2.24) is 9.80 Å². The van der Waals surface area contributed by atoms with Crippen LogP contribution >= 0.6 is 11.6 Å². The topological polar surface area (TPSA) is 35.9 Å². The molecular weight excluding hydrogens is 370 g/mol. The van der Waals surface area contributed by atoms with Gasteiger partial charge >= 0.3 is 0 Å². The number of hydrogen-bond acceptors (Lipinski definition) is 3. The minimum atomic E-state index is 0.0873. The van der Waals surface area contributed by atoms with E-state index in [1.807, 2.05) is 30.3 Å². The van der Waals surface area contributed by atoms with Crippen LogP contribution < -0.4 is 0 Å². The zero-order chi connectivity index (χ0) is 20.4. The van der Waals surface area contributed by atoms with Gasteiger partial charge in [0, 0.05) is 18.5 Å². The molecule has 0 aliphatic carbocycles. The Hall–Kier alpha value is -1.91. The fourth-order valence-corrected chi connectivity index (χ4v) is 3.83. The van der Waals surface area contributed by atoms with Gasteiger partial charge in [-0.1, -0.05) is 42.5 Å². The van der Waals surface area contributed by atoms with E-state index in [1.165, 1.54) is 38.9 Å². The van der Waals surface area contributed by atoms with E-state index >= 15 is 0 Å². The van der Waals surface area contributed by atoms with Crippen LogP contribution in [0.4, 0.5) is 0 Å². The number of aliphatic imine (C=N–C) groups is 1. The van der Waals surface area contributed by atoms with Crippen LogP contribution in [0.5, 0.6) is 0 Å². The molecule has 4 nitrogen and oxygen atoms in total. The standard InChI is InChI=1S/C10H14N2O.C7H13N.C6H5Cl/c1-4-9-5-6-12(8(2)13)7-10(9)11-3;1-4-8-5-2-7(1)3-6-8;7-6-4-2-1-3-5-6/h4H,1,3,5-7H2,2H3;7H,1-6H2;1-5H. The fourth-order valence-electron chi connectivity index (χ4n) is 3.68. The second kappa shape index (κ2) is 11.8. The number of carbonyl (C=O) groups is 1. The molecule has 0 radical (unpaired) electrons. The van der Waals surface area contributed by atoms with Crippen molar-refractivity contribution in [3.63, 3.8) is 0 Å². The predicted molar refractivity (Wildman–Crippen MR) is 119 cm³/mol. The van der Waals surface area contributed by atoms with Gasteiger partial charge in [0.25, 0.3) is 0 Å². The van der Waals surface area contributed by atoms with Crippen molar-refractivity contribution in [2.24, 2.45) is 10.9 Å². The molecule has 4 aliphatic heterocycles. The third-order valence-corrected chi connectivity index (χ3v) is 5.79. The molecule has 0 N–H and O–H groups in total. The molecule has 3 saturated heterocycles. The molecule has 0 aromatic heterocycles. The molecule has 152 valence electrons. The Kier molecular flexibility index (Phi) is 9.45. The van der Waals surface area contributed by atoms with Crippen LogP contribution in [0.3, 0.4) is 0 Å². The highest BCUT2D eigenvalue weighted by atomic mass is 35.5. The van der Waals surface area contributed by atoms with Gasteiger partial charge in [-0.15, -0.1) is 0 Å². The number of nitrogens with zero attached hydrogens (tertiary/aromatic N) is 3. The van der Waals surface area contributed by atoms with Crippen LogP contribution in [-0.4, -0.2) is 55.1 Å². The minimum Gasteiger partial charge on any atom is -0.337 e. The summed E-state index contributed by atoms with van der Waals surface area (Å²) < 4.78 is 0. The second-order valence-corrected chi connectivity index (χ2v) is 7.83. The quantitative estimate of drug-likeness (QED) is 0.666. The van der Waals surface area contributed by atoms with Crippen LogP contribution in [-0.2, 0) is 4.79 Å². The molecule has 0 spiro atoms. The average Bonchev–Trinajstić information content (AvgIpc) is 2.76. The summed E-state index contributed by atoms with van der Waals surface area (Å²) in [5.41, 5.74) is 1.98. The molecule has 4 heterocycles. The molecule has 3 fully saturated rings. The molecular formula is C23H32ClN3O. The molecule has 1 aromatic rings. The highest BCUT2D eigenvalue weighted by Crippen LogP contribution is 2.26. The van der Waals surface area contributed by atoms with Crippen molar-refractivity contribution in [3.8, 4) is 0 Å². The van der Waals surface area contributed by atoms with Gasteiger partial charge in [-0.25, -0.2) is 0 Å². The van der Waals surface area contributed by atoms with Gasteiger partial charge in [0.1, 0.15) is 0 Å². The van der Waals surface area contributed by atoms with Crippen molar-refractivity contribution in [2.75, 3.05) is 32.7 Å². The normalized spacial score (nSPS) is 23.0. The van der Waals surface area contributed by atoms with Crippen LogP contribution in [0, 0.1) is 5.92 Å². The van der Waals surface area contributed by atoms with E-state index < -0.39 is 0 Å². The smallest absolute Gasteiger partial charge is 0.219 e. The first kappa shape index (κ1) is 22.4. The van der Waals surface area contributed by atoms with Gasteiger partial charge in [0.15, 0.2) is 0 Å². The van der Waals surface area contributed by atoms with Gasteiger partial charge in [0.2, 0.25) is 5.91 Å². The maximum absolute atomic E-state index is 11.1. The third kappa shape index (κ3) is 7.25. The fraction of sp³-hybridized carbons (Fsp3) is 0.478. The minimum absolute atomic E-state index is 0.0873.